The fourth-order valence-electron chi connectivity index (χ4n) is 2.40. The Labute approximate surface area is 176 Å². The van der Waals surface area contributed by atoms with Crippen LogP contribution in [0.15, 0.2) is 29.4 Å². The lowest BCUT2D eigenvalue weighted by Gasteiger charge is -2.28. The first-order valence-electron chi connectivity index (χ1n) is 9.14. The summed E-state index contributed by atoms with van der Waals surface area (Å²) in [6.45, 7) is 3.33. The lowest BCUT2D eigenvalue weighted by Crippen LogP contribution is -2.33. The number of aliphatic hydroxyl groups is 2. The van der Waals surface area contributed by atoms with E-state index in [1.54, 1.807) is 13.0 Å². The average molecular weight is 444 g/mol. The maximum Gasteiger partial charge on any atom is 0.191 e. The first-order chi connectivity index (χ1) is 14.0. The van der Waals surface area contributed by atoms with Gasteiger partial charge in [-0.05, 0) is 19.4 Å². The molecular weight excluding hydrogens is 420 g/mol. The number of aliphatic hydroxyl groups excluding tert-OH is 2. The standard InChI is InChI=1S/C18H23F2N5O2S2/c1-11(14(27)9-26)21-15-8-16(24-29-25-6-3-7-25)23-18(22-15)28-10-12-4-2-5-13(19)17(12)20/h2,4-5,8,11,14,26-27H,3,6-7,9-10H2,1H3,(H2,21,22,23,24)/t11-,14-/m1/s1. The van der Waals surface area contributed by atoms with E-state index in [1.807, 2.05) is 0 Å². The molecule has 1 aliphatic heterocycles. The van der Waals surface area contributed by atoms with Crippen LogP contribution in [0.5, 0.6) is 0 Å². The first kappa shape index (κ1) is 22.0. The van der Waals surface area contributed by atoms with Crippen LogP contribution in [0.3, 0.4) is 0 Å². The Balaban J connectivity index is 1.74. The molecule has 29 heavy (non-hydrogen) atoms. The van der Waals surface area contributed by atoms with Gasteiger partial charge in [-0.15, -0.1) is 0 Å². The van der Waals surface area contributed by atoms with Gasteiger partial charge in [0.1, 0.15) is 11.6 Å². The molecule has 7 nitrogen and oxygen atoms in total. The average Bonchev–Trinajstić information content (AvgIpc) is 2.67. The lowest BCUT2D eigenvalue weighted by atomic mass is 10.2. The van der Waals surface area contributed by atoms with Gasteiger partial charge in [-0.1, -0.05) is 23.9 Å². The molecule has 2 aromatic rings. The molecule has 1 aromatic heterocycles. The van der Waals surface area contributed by atoms with E-state index in [-0.39, 0.29) is 17.9 Å². The van der Waals surface area contributed by atoms with E-state index in [0.29, 0.717) is 16.8 Å². The molecule has 2 atom stereocenters. The second-order valence-corrected chi connectivity index (χ2v) is 8.43. The Morgan fingerprint density at radius 1 is 1.24 bits per heavy atom. The molecule has 1 fully saturated rings. The zero-order valence-electron chi connectivity index (χ0n) is 15.8. The van der Waals surface area contributed by atoms with E-state index in [9.17, 15) is 13.9 Å². The number of nitrogens with zero attached hydrogens (tertiary/aromatic N) is 3. The minimum atomic E-state index is -0.950. The summed E-state index contributed by atoms with van der Waals surface area (Å²) < 4.78 is 32.6. The topological polar surface area (TPSA) is 93.5 Å². The van der Waals surface area contributed by atoms with Gasteiger partial charge in [-0.25, -0.2) is 23.1 Å². The molecule has 0 saturated carbocycles. The van der Waals surface area contributed by atoms with Crippen molar-refractivity contribution in [3.05, 3.63) is 41.5 Å². The largest absolute Gasteiger partial charge is 0.394 e. The molecule has 0 aliphatic carbocycles. The van der Waals surface area contributed by atoms with Crippen LogP contribution < -0.4 is 10.0 Å². The van der Waals surface area contributed by atoms with Crippen molar-refractivity contribution >= 4 is 35.5 Å². The monoisotopic (exact) mass is 443 g/mol. The third kappa shape index (κ3) is 6.16. The predicted molar refractivity (Wildman–Crippen MR) is 112 cm³/mol. The van der Waals surface area contributed by atoms with Gasteiger partial charge in [-0.2, -0.15) is 0 Å². The molecule has 2 heterocycles. The summed E-state index contributed by atoms with van der Waals surface area (Å²) in [5, 5.41) is 22.3. The Kier molecular flexibility index (Phi) is 7.90. The zero-order chi connectivity index (χ0) is 20.8. The minimum Gasteiger partial charge on any atom is -0.394 e. The number of thioether (sulfide) groups is 1. The van der Waals surface area contributed by atoms with Crippen LogP contribution in [0.2, 0.25) is 0 Å². The van der Waals surface area contributed by atoms with E-state index in [2.05, 4.69) is 24.3 Å². The molecule has 1 saturated heterocycles. The number of aromatic nitrogens is 2. The number of rotatable bonds is 10. The number of nitrogens with one attached hydrogen (secondary N) is 2. The maximum absolute atomic E-state index is 13.9. The third-order valence-corrected chi connectivity index (χ3v) is 6.15. The molecule has 158 valence electrons. The van der Waals surface area contributed by atoms with Crippen molar-refractivity contribution in [2.24, 2.45) is 0 Å². The smallest absolute Gasteiger partial charge is 0.191 e. The van der Waals surface area contributed by atoms with Gasteiger partial charge in [0.2, 0.25) is 0 Å². The van der Waals surface area contributed by atoms with Crippen LogP contribution >= 0.6 is 23.9 Å². The van der Waals surface area contributed by atoms with Crippen molar-refractivity contribution < 1.29 is 19.0 Å². The van der Waals surface area contributed by atoms with Crippen LogP contribution in [0.1, 0.15) is 18.9 Å². The zero-order valence-corrected chi connectivity index (χ0v) is 17.4. The molecule has 0 unspecified atom stereocenters. The number of hydrogen-bond acceptors (Lipinski definition) is 9. The number of halogens is 2. The highest BCUT2D eigenvalue weighted by atomic mass is 32.2. The van der Waals surface area contributed by atoms with E-state index >= 15 is 0 Å². The van der Waals surface area contributed by atoms with Crippen molar-refractivity contribution in [1.82, 2.24) is 14.3 Å². The Morgan fingerprint density at radius 2 is 2.00 bits per heavy atom. The maximum atomic E-state index is 13.9. The quantitative estimate of drug-likeness (QED) is 0.251. The second-order valence-electron chi connectivity index (χ2n) is 6.58. The van der Waals surface area contributed by atoms with E-state index in [4.69, 9.17) is 5.11 Å². The van der Waals surface area contributed by atoms with Crippen LogP contribution in [-0.4, -0.2) is 56.3 Å². The molecule has 0 radical (unpaired) electrons. The number of benzene rings is 1. The van der Waals surface area contributed by atoms with Gasteiger partial charge in [0.15, 0.2) is 16.8 Å². The van der Waals surface area contributed by atoms with Gasteiger partial charge in [0.25, 0.3) is 0 Å². The molecule has 3 rings (SSSR count). The van der Waals surface area contributed by atoms with E-state index < -0.39 is 23.8 Å². The van der Waals surface area contributed by atoms with E-state index in [0.717, 1.165) is 25.6 Å². The summed E-state index contributed by atoms with van der Waals surface area (Å²) in [6, 6.07) is 5.31. The molecular formula is C18H23F2N5O2S2. The number of anilines is 2. The van der Waals surface area contributed by atoms with Gasteiger partial charge in [-0.3, -0.25) is 0 Å². The van der Waals surface area contributed by atoms with Gasteiger partial charge < -0.3 is 20.3 Å². The Hall–Kier alpha value is -1.66. The first-order valence-corrected chi connectivity index (χ1v) is 10.9. The lowest BCUT2D eigenvalue weighted by molar-refractivity contribution is 0.0837. The summed E-state index contributed by atoms with van der Waals surface area (Å²) in [5.74, 6) is -0.595. The summed E-state index contributed by atoms with van der Waals surface area (Å²) in [5.41, 5.74) is 0.227. The third-order valence-electron chi connectivity index (χ3n) is 4.33. The van der Waals surface area contributed by atoms with Crippen LogP contribution in [0.4, 0.5) is 20.4 Å². The van der Waals surface area contributed by atoms with Gasteiger partial charge in [0, 0.05) is 42.6 Å². The van der Waals surface area contributed by atoms with Gasteiger partial charge >= 0.3 is 0 Å². The summed E-state index contributed by atoms with van der Waals surface area (Å²) in [4.78, 5) is 8.82. The highest BCUT2D eigenvalue weighted by Crippen LogP contribution is 2.27. The van der Waals surface area contributed by atoms with Crippen LogP contribution in [0.25, 0.3) is 0 Å². The highest BCUT2D eigenvalue weighted by molar-refractivity contribution is 7.98. The fraction of sp³-hybridized carbons (Fsp3) is 0.444. The minimum absolute atomic E-state index is 0.167. The van der Waals surface area contributed by atoms with Crippen molar-refractivity contribution in [3.8, 4) is 0 Å². The van der Waals surface area contributed by atoms with Crippen molar-refractivity contribution in [3.63, 3.8) is 0 Å². The summed E-state index contributed by atoms with van der Waals surface area (Å²) >= 11 is 2.62. The Morgan fingerprint density at radius 3 is 2.69 bits per heavy atom. The van der Waals surface area contributed by atoms with E-state index in [1.165, 1.54) is 36.0 Å². The number of hydrogen-bond donors (Lipinski definition) is 4. The summed E-state index contributed by atoms with van der Waals surface area (Å²) in [6.07, 6.45) is 0.205. The normalized spacial score (nSPS) is 16.2. The van der Waals surface area contributed by atoms with Crippen LogP contribution in [0, 0.1) is 11.6 Å². The Bertz CT molecular complexity index is 829. The fourth-order valence-corrected chi connectivity index (χ4v) is 4.00. The van der Waals surface area contributed by atoms with Crippen molar-refractivity contribution in [1.29, 1.82) is 0 Å². The van der Waals surface area contributed by atoms with Crippen molar-refractivity contribution in [2.45, 2.75) is 36.4 Å². The molecule has 1 aliphatic rings. The second kappa shape index (κ2) is 10.4. The molecule has 4 N–H and O–H groups in total. The SMILES string of the molecule is C[C@@H](Nc1cc(NSN2CCC2)nc(SCc2cccc(F)c2F)n1)[C@H](O)CO. The van der Waals surface area contributed by atoms with Crippen molar-refractivity contribution in [2.75, 3.05) is 29.7 Å². The molecule has 0 amide bonds. The van der Waals surface area contributed by atoms with Gasteiger partial charge in [0.05, 0.1) is 18.8 Å². The molecule has 11 heteroatoms. The molecule has 1 aromatic carbocycles. The summed E-state index contributed by atoms with van der Waals surface area (Å²) in [7, 11) is 0. The molecule has 0 bridgehead atoms. The highest BCUT2D eigenvalue weighted by Gasteiger charge is 2.17. The predicted octanol–water partition coefficient (Wildman–Crippen LogP) is 2.88. The molecule has 0 spiro atoms. The van der Waals surface area contributed by atoms with Crippen LogP contribution in [-0.2, 0) is 5.75 Å².